The van der Waals surface area contributed by atoms with E-state index in [4.69, 9.17) is 4.74 Å². The van der Waals surface area contributed by atoms with E-state index in [2.05, 4.69) is 15.5 Å². The number of likely N-dealkylation sites (N-methyl/N-ethyl adjacent to an activating group) is 1. The molecule has 1 amide bonds. The summed E-state index contributed by atoms with van der Waals surface area (Å²) in [7, 11) is -0.937. The lowest BCUT2D eigenvalue weighted by molar-refractivity contribution is -0.116. The first kappa shape index (κ1) is 19.8. The average molecular weight is 402 g/mol. The minimum atomic E-state index is -3.88. The molecule has 3 aromatic rings. The summed E-state index contributed by atoms with van der Waals surface area (Å²) in [5.41, 5.74) is 2.64. The normalized spacial score (nSPS) is 11.8. The van der Waals surface area contributed by atoms with Gasteiger partial charge in [-0.3, -0.25) is 9.89 Å². The summed E-state index contributed by atoms with van der Waals surface area (Å²) < 4.78 is 32.2. The number of amides is 1. The molecule has 0 bridgehead atoms. The number of hydrogen-bond donors (Lipinski definition) is 2. The molecule has 2 aromatic carbocycles. The molecule has 0 saturated heterocycles. The first-order valence-electron chi connectivity index (χ1n) is 8.57. The standard InChI is InChI=1S/C19H22N4O4S/c1-12-7-14-10-20-22-19(14)17(8-12)28(25,26)23(3)11-18(24)21-15-5-6-16(27-4)13(2)9-15/h5-10H,11H2,1-4H3,(H,20,22)(H,21,24). The summed E-state index contributed by atoms with van der Waals surface area (Å²) >= 11 is 0. The third kappa shape index (κ3) is 3.85. The first-order valence-corrected chi connectivity index (χ1v) is 10.0. The Balaban J connectivity index is 1.79. The van der Waals surface area contributed by atoms with Gasteiger partial charge in [0, 0.05) is 18.1 Å². The zero-order valence-electron chi connectivity index (χ0n) is 16.1. The van der Waals surface area contributed by atoms with Crippen LogP contribution in [0, 0.1) is 13.8 Å². The number of nitrogens with one attached hydrogen (secondary N) is 2. The number of aromatic nitrogens is 2. The van der Waals surface area contributed by atoms with E-state index in [0.29, 0.717) is 22.3 Å². The Hall–Kier alpha value is -2.91. The highest BCUT2D eigenvalue weighted by Gasteiger charge is 2.26. The van der Waals surface area contributed by atoms with Gasteiger partial charge in [0.1, 0.15) is 10.6 Å². The number of carbonyl (C=O) groups is 1. The van der Waals surface area contributed by atoms with E-state index < -0.39 is 15.9 Å². The van der Waals surface area contributed by atoms with E-state index in [1.165, 1.54) is 7.05 Å². The highest BCUT2D eigenvalue weighted by molar-refractivity contribution is 7.89. The van der Waals surface area contributed by atoms with Crippen molar-refractivity contribution in [2.75, 3.05) is 26.0 Å². The topological polar surface area (TPSA) is 104 Å². The van der Waals surface area contributed by atoms with Gasteiger partial charge in [0.2, 0.25) is 15.9 Å². The van der Waals surface area contributed by atoms with Crippen molar-refractivity contribution in [2.24, 2.45) is 0 Å². The van der Waals surface area contributed by atoms with Gasteiger partial charge in [-0.2, -0.15) is 9.40 Å². The zero-order chi connectivity index (χ0) is 20.5. The van der Waals surface area contributed by atoms with Gasteiger partial charge in [0.05, 0.1) is 25.4 Å². The van der Waals surface area contributed by atoms with Crippen molar-refractivity contribution in [3.05, 3.63) is 47.7 Å². The van der Waals surface area contributed by atoms with E-state index >= 15 is 0 Å². The van der Waals surface area contributed by atoms with Crippen molar-refractivity contribution in [3.63, 3.8) is 0 Å². The van der Waals surface area contributed by atoms with Gasteiger partial charge < -0.3 is 10.1 Å². The number of rotatable bonds is 6. The van der Waals surface area contributed by atoms with Gasteiger partial charge in [-0.15, -0.1) is 0 Å². The number of nitrogens with zero attached hydrogens (tertiary/aromatic N) is 2. The second-order valence-electron chi connectivity index (χ2n) is 6.59. The molecular weight excluding hydrogens is 380 g/mol. The fraction of sp³-hybridized carbons (Fsp3) is 0.263. The van der Waals surface area contributed by atoms with Gasteiger partial charge in [0.25, 0.3) is 0 Å². The Morgan fingerprint density at radius 3 is 2.68 bits per heavy atom. The van der Waals surface area contributed by atoms with Gasteiger partial charge in [-0.05, 0) is 55.3 Å². The third-order valence-corrected chi connectivity index (χ3v) is 6.22. The summed E-state index contributed by atoms with van der Waals surface area (Å²) in [5, 5.41) is 10.0. The fourth-order valence-electron chi connectivity index (χ4n) is 2.98. The molecule has 0 aliphatic rings. The summed E-state index contributed by atoms with van der Waals surface area (Å²) in [5.74, 6) is 0.268. The molecule has 2 N–H and O–H groups in total. The van der Waals surface area contributed by atoms with Crippen LogP contribution < -0.4 is 10.1 Å². The van der Waals surface area contributed by atoms with Crippen LogP contribution in [-0.2, 0) is 14.8 Å². The van der Waals surface area contributed by atoms with Crippen LogP contribution in [0.3, 0.4) is 0 Å². The predicted octanol–water partition coefficient (Wildman–Crippen LogP) is 2.45. The van der Waals surface area contributed by atoms with Crippen LogP contribution in [0.5, 0.6) is 5.75 Å². The van der Waals surface area contributed by atoms with Crippen LogP contribution in [0.4, 0.5) is 5.69 Å². The lowest BCUT2D eigenvalue weighted by Gasteiger charge is -2.18. The van der Waals surface area contributed by atoms with E-state index in [0.717, 1.165) is 15.4 Å². The number of anilines is 1. The number of methoxy groups -OCH3 is 1. The largest absolute Gasteiger partial charge is 0.496 e. The number of benzene rings is 2. The number of sulfonamides is 1. The highest BCUT2D eigenvalue weighted by Crippen LogP contribution is 2.25. The molecule has 148 valence electrons. The van der Waals surface area contributed by atoms with E-state index in [1.54, 1.807) is 37.6 Å². The smallest absolute Gasteiger partial charge is 0.245 e. The molecule has 0 spiro atoms. The van der Waals surface area contributed by atoms with Crippen molar-refractivity contribution in [2.45, 2.75) is 18.7 Å². The number of ether oxygens (including phenoxy) is 1. The van der Waals surface area contributed by atoms with E-state index in [9.17, 15) is 13.2 Å². The SMILES string of the molecule is COc1ccc(NC(=O)CN(C)S(=O)(=O)c2cc(C)cc3cn[nH]c23)cc1C. The summed E-state index contributed by atoms with van der Waals surface area (Å²) in [4.78, 5) is 12.5. The van der Waals surface area contributed by atoms with Crippen LogP contribution >= 0.6 is 0 Å². The van der Waals surface area contributed by atoms with Crippen molar-refractivity contribution in [3.8, 4) is 5.75 Å². The van der Waals surface area contributed by atoms with Crippen molar-refractivity contribution in [1.29, 1.82) is 0 Å². The van der Waals surface area contributed by atoms with Crippen LogP contribution in [-0.4, -0.2) is 49.5 Å². The molecule has 28 heavy (non-hydrogen) atoms. The Labute approximate surface area is 163 Å². The van der Waals surface area contributed by atoms with E-state index in [1.807, 2.05) is 19.9 Å². The van der Waals surface area contributed by atoms with Gasteiger partial charge >= 0.3 is 0 Å². The highest BCUT2D eigenvalue weighted by atomic mass is 32.2. The average Bonchev–Trinajstić information content (AvgIpc) is 3.09. The molecule has 9 heteroatoms. The quantitative estimate of drug-likeness (QED) is 0.659. The number of aromatic amines is 1. The molecule has 1 aromatic heterocycles. The van der Waals surface area contributed by atoms with Crippen LogP contribution in [0.15, 0.2) is 41.4 Å². The molecule has 0 unspecified atom stereocenters. The molecule has 3 rings (SSSR count). The third-order valence-electron chi connectivity index (χ3n) is 4.39. The maximum absolute atomic E-state index is 13.0. The van der Waals surface area contributed by atoms with E-state index in [-0.39, 0.29) is 11.4 Å². The molecule has 0 saturated carbocycles. The maximum atomic E-state index is 13.0. The van der Waals surface area contributed by atoms with Gasteiger partial charge in [-0.25, -0.2) is 8.42 Å². The fourth-order valence-corrected chi connectivity index (χ4v) is 4.36. The Kier molecular flexibility index (Phi) is 5.39. The second-order valence-corrected chi connectivity index (χ2v) is 8.60. The molecule has 0 aliphatic carbocycles. The Bertz CT molecular complexity index is 1140. The molecule has 0 aliphatic heterocycles. The summed E-state index contributed by atoms with van der Waals surface area (Å²) in [6.07, 6.45) is 1.57. The summed E-state index contributed by atoms with van der Waals surface area (Å²) in [6.45, 7) is 3.35. The van der Waals surface area contributed by atoms with Gasteiger partial charge in [-0.1, -0.05) is 0 Å². The van der Waals surface area contributed by atoms with Crippen LogP contribution in [0.25, 0.3) is 10.9 Å². The zero-order valence-corrected chi connectivity index (χ0v) is 16.9. The van der Waals surface area contributed by atoms with Crippen molar-refractivity contribution >= 4 is 32.5 Å². The molecule has 0 fully saturated rings. The predicted molar refractivity (Wildman–Crippen MR) is 107 cm³/mol. The number of hydrogen-bond acceptors (Lipinski definition) is 5. The molecular formula is C19H22N4O4S. The molecule has 0 radical (unpaired) electrons. The van der Waals surface area contributed by atoms with Crippen LogP contribution in [0.2, 0.25) is 0 Å². The molecule has 0 atom stereocenters. The summed E-state index contributed by atoms with van der Waals surface area (Å²) in [6, 6.07) is 8.62. The number of H-pyrrole nitrogens is 1. The van der Waals surface area contributed by atoms with Gasteiger partial charge in [0.15, 0.2) is 0 Å². The molecule has 8 nitrogen and oxygen atoms in total. The Morgan fingerprint density at radius 2 is 2.00 bits per heavy atom. The first-order chi connectivity index (χ1) is 13.2. The number of fused-ring (bicyclic) bond motifs is 1. The van der Waals surface area contributed by atoms with Crippen molar-refractivity contribution in [1.82, 2.24) is 14.5 Å². The minimum absolute atomic E-state index is 0.0931. The lowest BCUT2D eigenvalue weighted by atomic mass is 10.2. The Morgan fingerprint density at radius 1 is 1.25 bits per heavy atom. The minimum Gasteiger partial charge on any atom is -0.496 e. The lowest BCUT2D eigenvalue weighted by Crippen LogP contribution is -2.35. The maximum Gasteiger partial charge on any atom is 0.245 e. The number of aryl methyl sites for hydroxylation is 2. The second kappa shape index (κ2) is 7.61. The number of carbonyl (C=O) groups excluding carboxylic acids is 1. The van der Waals surface area contributed by atoms with Crippen molar-refractivity contribution < 1.29 is 17.9 Å². The molecule has 1 heterocycles. The monoisotopic (exact) mass is 402 g/mol. The van der Waals surface area contributed by atoms with Crippen LogP contribution in [0.1, 0.15) is 11.1 Å².